The Morgan fingerprint density at radius 2 is 2.11 bits per heavy atom. The first-order valence-electron chi connectivity index (χ1n) is 6.71. The second kappa shape index (κ2) is 5.78. The molecule has 1 N–H and O–H groups in total. The standard InChI is InChI=1S/C15H23IN2/c1-12(2)18-11-15(10-16,8-9-17-3)13-6-4-5-7-14(13)18/h4-7,12,17H,8-11H2,1-3H3. The first-order valence-corrected chi connectivity index (χ1v) is 8.24. The van der Waals surface area contributed by atoms with Crippen molar-refractivity contribution in [1.82, 2.24) is 5.32 Å². The number of fused-ring (bicyclic) bond motifs is 1. The number of nitrogens with one attached hydrogen (secondary N) is 1. The monoisotopic (exact) mass is 358 g/mol. The summed E-state index contributed by atoms with van der Waals surface area (Å²) < 4.78 is 1.19. The predicted molar refractivity (Wildman–Crippen MR) is 88.0 cm³/mol. The highest BCUT2D eigenvalue weighted by molar-refractivity contribution is 14.1. The molecule has 1 aromatic carbocycles. The van der Waals surface area contributed by atoms with Gasteiger partial charge in [-0.15, -0.1) is 0 Å². The third kappa shape index (κ3) is 2.39. The highest BCUT2D eigenvalue weighted by atomic mass is 127. The lowest BCUT2D eigenvalue weighted by molar-refractivity contribution is 0.454. The molecular weight excluding hydrogens is 335 g/mol. The third-order valence-corrected chi connectivity index (χ3v) is 5.45. The van der Waals surface area contributed by atoms with Crippen molar-refractivity contribution in [2.24, 2.45) is 0 Å². The van der Waals surface area contributed by atoms with Crippen LogP contribution < -0.4 is 10.2 Å². The first-order chi connectivity index (χ1) is 8.64. The van der Waals surface area contributed by atoms with E-state index in [-0.39, 0.29) is 0 Å². The van der Waals surface area contributed by atoms with Gasteiger partial charge in [-0.2, -0.15) is 0 Å². The fraction of sp³-hybridized carbons (Fsp3) is 0.600. The maximum absolute atomic E-state index is 3.31. The van der Waals surface area contributed by atoms with Crippen molar-refractivity contribution in [2.45, 2.75) is 31.7 Å². The lowest BCUT2D eigenvalue weighted by atomic mass is 9.81. The highest BCUT2D eigenvalue weighted by Crippen LogP contribution is 2.44. The van der Waals surface area contributed by atoms with Crippen LogP contribution in [0.25, 0.3) is 0 Å². The number of rotatable bonds is 5. The second-order valence-corrected chi connectivity index (χ2v) is 6.27. The van der Waals surface area contributed by atoms with E-state index >= 15 is 0 Å². The van der Waals surface area contributed by atoms with Gasteiger partial charge in [-0.3, -0.25) is 0 Å². The zero-order valence-corrected chi connectivity index (χ0v) is 13.7. The van der Waals surface area contributed by atoms with Crippen molar-refractivity contribution in [3.63, 3.8) is 0 Å². The minimum atomic E-state index is 0.324. The highest BCUT2D eigenvalue weighted by Gasteiger charge is 2.41. The molecule has 0 aliphatic carbocycles. The minimum absolute atomic E-state index is 0.324. The number of hydrogen-bond acceptors (Lipinski definition) is 2. The molecule has 0 fully saturated rings. The lowest BCUT2D eigenvalue weighted by Crippen LogP contribution is -2.39. The van der Waals surface area contributed by atoms with Crippen LogP contribution in [0.15, 0.2) is 24.3 Å². The van der Waals surface area contributed by atoms with Gasteiger partial charge in [0.2, 0.25) is 0 Å². The van der Waals surface area contributed by atoms with E-state index in [1.807, 2.05) is 7.05 Å². The summed E-state index contributed by atoms with van der Waals surface area (Å²) in [5.41, 5.74) is 3.31. The van der Waals surface area contributed by atoms with Crippen LogP contribution in [0.4, 0.5) is 5.69 Å². The van der Waals surface area contributed by atoms with E-state index in [0.717, 1.165) is 13.1 Å². The summed E-state index contributed by atoms with van der Waals surface area (Å²) in [6.45, 7) is 6.83. The largest absolute Gasteiger partial charge is 0.368 e. The molecule has 0 saturated carbocycles. The molecule has 1 atom stereocenters. The van der Waals surface area contributed by atoms with E-state index in [1.165, 1.54) is 16.5 Å². The molecule has 1 aliphatic rings. The molecule has 0 aromatic heterocycles. The molecule has 0 radical (unpaired) electrons. The molecule has 2 nitrogen and oxygen atoms in total. The molecule has 0 spiro atoms. The number of alkyl halides is 1. The lowest BCUT2D eigenvalue weighted by Gasteiger charge is -2.30. The number of benzene rings is 1. The fourth-order valence-corrected chi connectivity index (χ4v) is 3.92. The molecule has 0 bridgehead atoms. The molecule has 1 aliphatic heterocycles. The van der Waals surface area contributed by atoms with Crippen LogP contribution in [0.1, 0.15) is 25.8 Å². The third-order valence-electron chi connectivity index (χ3n) is 3.99. The summed E-state index contributed by atoms with van der Waals surface area (Å²) in [6, 6.07) is 9.53. The van der Waals surface area contributed by atoms with Gasteiger partial charge >= 0.3 is 0 Å². The Balaban J connectivity index is 2.39. The normalized spacial score (nSPS) is 22.6. The summed E-state index contributed by atoms with van der Waals surface area (Å²) in [4.78, 5) is 2.56. The summed E-state index contributed by atoms with van der Waals surface area (Å²) in [5.74, 6) is 0. The van der Waals surface area contributed by atoms with Gasteiger partial charge in [0.15, 0.2) is 0 Å². The van der Waals surface area contributed by atoms with Crippen LogP contribution in [0.5, 0.6) is 0 Å². The van der Waals surface area contributed by atoms with E-state index in [1.54, 1.807) is 5.56 Å². The number of hydrogen-bond donors (Lipinski definition) is 1. The van der Waals surface area contributed by atoms with Gasteiger partial charge < -0.3 is 10.2 Å². The quantitative estimate of drug-likeness (QED) is 0.643. The smallest absolute Gasteiger partial charge is 0.0408 e. The van der Waals surface area contributed by atoms with E-state index in [0.29, 0.717) is 11.5 Å². The molecule has 18 heavy (non-hydrogen) atoms. The van der Waals surface area contributed by atoms with E-state index in [4.69, 9.17) is 0 Å². The Hall–Kier alpha value is -0.290. The average Bonchev–Trinajstić information content (AvgIpc) is 2.72. The molecule has 0 saturated heterocycles. The van der Waals surface area contributed by atoms with Crippen LogP contribution in [-0.2, 0) is 5.41 Å². The molecule has 0 amide bonds. The zero-order valence-electron chi connectivity index (χ0n) is 11.5. The van der Waals surface area contributed by atoms with Crippen LogP contribution in [0.3, 0.4) is 0 Å². The van der Waals surface area contributed by atoms with E-state index in [9.17, 15) is 0 Å². The van der Waals surface area contributed by atoms with Crippen LogP contribution in [0.2, 0.25) is 0 Å². The maximum atomic E-state index is 3.31. The number of para-hydroxylation sites is 1. The summed E-state index contributed by atoms with van der Waals surface area (Å²) in [5, 5.41) is 3.31. The molecule has 3 heteroatoms. The van der Waals surface area contributed by atoms with Crippen molar-refractivity contribution in [3.8, 4) is 0 Å². The van der Waals surface area contributed by atoms with Crippen LogP contribution in [-0.4, -0.2) is 30.6 Å². The van der Waals surface area contributed by atoms with Crippen molar-refractivity contribution in [2.75, 3.05) is 29.5 Å². The molecule has 1 aromatic rings. The molecule has 2 rings (SSSR count). The Morgan fingerprint density at radius 3 is 2.72 bits per heavy atom. The van der Waals surface area contributed by atoms with Crippen LogP contribution >= 0.6 is 22.6 Å². The van der Waals surface area contributed by atoms with Crippen molar-refractivity contribution >= 4 is 28.3 Å². The van der Waals surface area contributed by atoms with Gasteiger partial charge in [0.05, 0.1) is 0 Å². The molecule has 100 valence electrons. The minimum Gasteiger partial charge on any atom is -0.368 e. The van der Waals surface area contributed by atoms with Gasteiger partial charge in [0, 0.05) is 28.1 Å². The van der Waals surface area contributed by atoms with Crippen molar-refractivity contribution in [1.29, 1.82) is 0 Å². The van der Waals surface area contributed by atoms with Gasteiger partial charge in [-0.05, 0) is 45.5 Å². The molecule has 1 heterocycles. The van der Waals surface area contributed by atoms with Gasteiger partial charge in [-0.1, -0.05) is 40.8 Å². The first kappa shape index (κ1) is 14.1. The Morgan fingerprint density at radius 1 is 1.39 bits per heavy atom. The summed E-state index contributed by atoms with van der Waals surface area (Å²) >= 11 is 2.56. The number of halogens is 1. The van der Waals surface area contributed by atoms with Gasteiger partial charge in [-0.25, -0.2) is 0 Å². The Bertz CT molecular complexity index is 405. The van der Waals surface area contributed by atoms with Crippen molar-refractivity contribution in [3.05, 3.63) is 29.8 Å². The summed E-state index contributed by atoms with van der Waals surface area (Å²) in [6.07, 6.45) is 1.21. The molecular formula is C15H23IN2. The number of anilines is 1. The van der Waals surface area contributed by atoms with Gasteiger partial charge in [0.25, 0.3) is 0 Å². The SMILES string of the molecule is CNCCC1(CI)CN(C(C)C)c2ccccc21. The zero-order chi connectivity index (χ0) is 13.2. The van der Waals surface area contributed by atoms with E-state index in [2.05, 4.69) is 70.9 Å². The predicted octanol–water partition coefficient (Wildman–Crippen LogP) is 3.20. The fourth-order valence-electron chi connectivity index (χ4n) is 2.89. The summed E-state index contributed by atoms with van der Waals surface area (Å²) in [7, 11) is 2.04. The average molecular weight is 358 g/mol. The van der Waals surface area contributed by atoms with Gasteiger partial charge in [0.1, 0.15) is 0 Å². The van der Waals surface area contributed by atoms with Crippen LogP contribution in [0, 0.1) is 0 Å². The topological polar surface area (TPSA) is 15.3 Å². The number of nitrogens with zero attached hydrogens (tertiary/aromatic N) is 1. The Kier molecular flexibility index (Phi) is 4.54. The van der Waals surface area contributed by atoms with Crippen molar-refractivity contribution < 1.29 is 0 Å². The molecule has 1 unspecified atom stereocenters. The maximum Gasteiger partial charge on any atom is 0.0408 e. The van der Waals surface area contributed by atoms with E-state index < -0.39 is 0 Å². The Labute approximate surface area is 124 Å². The second-order valence-electron chi connectivity index (χ2n) is 5.51.